The van der Waals surface area contributed by atoms with Crippen LogP contribution in [0.3, 0.4) is 0 Å². The third-order valence-electron chi connectivity index (χ3n) is 2.32. The summed E-state index contributed by atoms with van der Waals surface area (Å²) in [6, 6.07) is 0. The van der Waals surface area contributed by atoms with Gasteiger partial charge in [0.15, 0.2) is 0 Å². The fraction of sp³-hybridized carbons (Fsp3) is 0.400. The Morgan fingerprint density at radius 1 is 1.14 bits per heavy atom. The third kappa shape index (κ3) is 1.23. The smallest absolute Gasteiger partial charge is 0.283 e. The van der Waals surface area contributed by atoms with Crippen LogP contribution in [0.5, 0.6) is 0 Å². The Balaban J connectivity index is 1.95. The summed E-state index contributed by atoms with van der Waals surface area (Å²) in [5.74, 6) is 1.55. The van der Waals surface area contributed by atoms with Crippen LogP contribution in [0.4, 0.5) is 0 Å². The first-order chi connectivity index (χ1) is 6.83. The molecule has 2 heterocycles. The van der Waals surface area contributed by atoms with Crippen molar-refractivity contribution in [2.24, 2.45) is 0 Å². The van der Waals surface area contributed by atoms with Crippen LogP contribution in [0.1, 0.15) is 30.1 Å². The Hall–Kier alpha value is -1.58. The largest absolute Gasteiger partial charge is 0.441 e. The number of aryl methyl sites for hydroxylation is 1. The van der Waals surface area contributed by atoms with Crippen LogP contribution in [0.25, 0.3) is 11.8 Å². The van der Waals surface area contributed by atoms with Crippen LogP contribution in [-0.4, -0.2) is 9.97 Å². The predicted molar refractivity (Wildman–Crippen MR) is 48.7 cm³/mol. The standard InChI is InChI=1S/C10H10N2O2/c1-6-4-13-9(11-6)10-12-8(5-14-10)7-2-3-7/h4-5,7H,2-3H2,1H3. The van der Waals surface area contributed by atoms with Gasteiger partial charge in [0.05, 0.1) is 11.4 Å². The minimum atomic E-state index is 0.467. The average molecular weight is 190 g/mol. The van der Waals surface area contributed by atoms with E-state index >= 15 is 0 Å². The minimum Gasteiger partial charge on any atom is -0.441 e. The van der Waals surface area contributed by atoms with Gasteiger partial charge in [-0.3, -0.25) is 0 Å². The number of nitrogens with zero attached hydrogens (tertiary/aromatic N) is 2. The van der Waals surface area contributed by atoms with Crippen LogP contribution in [-0.2, 0) is 0 Å². The van der Waals surface area contributed by atoms with Crippen molar-refractivity contribution < 1.29 is 8.83 Å². The Kier molecular flexibility index (Phi) is 1.50. The molecule has 0 aliphatic heterocycles. The zero-order valence-corrected chi connectivity index (χ0v) is 7.86. The SMILES string of the molecule is Cc1coc(-c2nc(C3CC3)co2)n1. The fourth-order valence-electron chi connectivity index (χ4n) is 1.40. The molecular formula is C10H10N2O2. The van der Waals surface area contributed by atoms with Crippen molar-refractivity contribution in [3.63, 3.8) is 0 Å². The molecule has 0 bridgehead atoms. The minimum absolute atomic E-state index is 0.467. The Morgan fingerprint density at radius 2 is 1.86 bits per heavy atom. The van der Waals surface area contributed by atoms with E-state index in [1.54, 1.807) is 12.5 Å². The van der Waals surface area contributed by atoms with Crippen LogP contribution >= 0.6 is 0 Å². The van der Waals surface area contributed by atoms with Gasteiger partial charge in [0.1, 0.15) is 12.5 Å². The van der Waals surface area contributed by atoms with E-state index in [9.17, 15) is 0 Å². The van der Waals surface area contributed by atoms with Gasteiger partial charge in [0.25, 0.3) is 11.8 Å². The highest BCUT2D eigenvalue weighted by atomic mass is 16.4. The van der Waals surface area contributed by atoms with Gasteiger partial charge in [0.2, 0.25) is 0 Å². The van der Waals surface area contributed by atoms with E-state index in [1.807, 2.05) is 6.92 Å². The second-order valence-electron chi connectivity index (χ2n) is 3.65. The lowest BCUT2D eigenvalue weighted by Gasteiger charge is -1.84. The summed E-state index contributed by atoms with van der Waals surface area (Å²) >= 11 is 0. The monoisotopic (exact) mass is 190 g/mol. The quantitative estimate of drug-likeness (QED) is 0.730. The van der Waals surface area contributed by atoms with Gasteiger partial charge in [-0.25, -0.2) is 9.97 Å². The summed E-state index contributed by atoms with van der Waals surface area (Å²) in [6.07, 6.45) is 5.73. The van der Waals surface area contributed by atoms with Crippen molar-refractivity contribution in [1.29, 1.82) is 0 Å². The Bertz CT molecular complexity index is 454. The molecule has 0 radical (unpaired) electrons. The van der Waals surface area contributed by atoms with Crippen LogP contribution in [0, 0.1) is 6.92 Å². The number of aromatic nitrogens is 2. The molecule has 1 aliphatic rings. The molecule has 0 saturated heterocycles. The van der Waals surface area contributed by atoms with Gasteiger partial charge in [0, 0.05) is 5.92 Å². The van der Waals surface area contributed by atoms with E-state index in [1.165, 1.54) is 12.8 Å². The van der Waals surface area contributed by atoms with E-state index in [0.29, 0.717) is 17.7 Å². The molecule has 3 rings (SSSR count). The molecule has 0 amide bonds. The highest BCUT2D eigenvalue weighted by Gasteiger charge is 2.27. The molecule has 14 heavy (non-hydrogen) atoms. The zero-order valence-electron chi connectivity index (χ0n) is 7.86. The van der Waals surface area contributed by atoms with Crippen LogP contribution in [0.15, 0.2) is 21.4 Å². The molecule has 2 aromatic rings. The molecular weight excluding hydrogens is 180 g/mol. The summed E-state index contributed by atoms with van der Waals surface area (Å²) < 4.78 is 10.5. The molecule has 1 saturated carbocycles. The van der Waals surface area contributed by atoms with E-state index in [0.717, 1.165) is 11.4 Å². The maximum atomic E-state index is 5.30. The molecule has 4 nitrogen and oxygen atoms in total. The molecule has 1 aliphatic carbocycles. The van der Waals surface area contributed by atoms with Crippen LogP contribution in [0.2, 0.25) is 0 Å². The molecule has 0 atom stereocenters. The summed E-state index contributed by atoms with van der Waals surface area (Å²) in [4.78, 5) is 8.48. The van der Waals surface area contributed by atoms with E-state index in [-0.39, 0.29) is 0 Å². The maximum Gasteiger partial charge on any atom is 0.283 e. The molecule has 0 spiro atoms. The summed E-state index contributed by atoms with van der Waals surface area (Å²) in [5.41, 5.74) is 1.86. The molecule has 1 fully saturated rings. The maximum absolute atomic E-state index is 5.30. The highest BCUT2D eigenvalue weighted by Crippen LogP contribution is 2.40. The lowest BCUT2D eigenvalue weighted by Crippen LogP contribution is -1.80. The van der Waals surface area contributed by atoms with E-state index in [2.05, 4.69) is 9.97 Å². The normalized spacial score (nSPS) is 16.1. The van der Waals surface area contributed by atoms with Gasteiger partial charge in [-0.15, -0.1) is 0 Å². The van der Waals surface area contributed by atoms with Gasteiger partial charge in [-0.05, 0) is 19.8 Å². The number of rotatable bonds is 2. The lowest BCUT2D eigenvalue weighted by molar-refractivity contribution is 0.509. The van der Waals surface area contributed by atoms with Gasteiger partial charge < -0.3 is 8.83 Å². The molecule has 2 aromatic heterocycles. The lowest BCUT2D eigenvalue weighted by atomic mass is 10.3. The van der Waals surface area contributed by atoms with Crippen molar-refractivity contribution in [3.8, 4) is 11.8 Å². The van der Waals surface area contributed by atoms with Gasteiger partial charge in [-0.2, -0.15) is 0 Å². The van der Waals surface area contributed by atoms with Crippen molar-refractivity contribution in [2.45, 2.75) is 25.7 Å². The topological polar surface area (TPSA) is 52.1 Å². The average Bonchev–Trinajstić information content (AvgIpc) is 2.76. The zero-order chi connectivity index (χ0) is 9.54. The van der Waals surface area contributed by atoms with Gasteiger partial charge >= 0.3 is 0 Å². The first-order valence-electron chi connectivity index (χ1n) is 4.71. The highest BCUT2D eigenvalue weighted by molar-refractivity contribution is 5.38. The second-order valence-corrected chi connectivity index (χ2v) is 3.65. The summed E-state index contributed by atoms with van der Waals surface area (Å²) in [6.45, 7) is 1.87. The third-order valence-corrected chi connectivity index (χ3v) is 2.32. The van der Waals surface area contributed by atoms with Gasteiger partial charge in [-0.1, -0.05) is 0 Å². The number of hydrogen-bond donors (Lipinski definition) is 0. The molecule has 0 N–H and O–H groups in total. The molecule has 72 valence electrons. The van der Waals surface area contributed by atoms with Crippen LogP contribution < -0.4 is 0 Å². The van der Waals surface area contributed by atoms with E-state index in [4.69, 9.17) is 8.83 Å². The number of hydrogen-bond acceptors (Lipinski definition) is 4. The fourth-order valence-corrected chi connectivity index (χ4v) is 1.40. The Morgan fingerprint density at radius 3 is 2.50 bits per heavy atom. The van der Waals surface area contributed by atoms with Crippen molar-refractivity contribution >= 4 is 0 Å². The second kappa shape index (κ2) is 2.70. The van der Waals surface area contributed by atoms with Crippen molar-refractivity contribution in [3.05, 3.63) is 23.9 Å². The first kappa shape index (κ1) is 7.79. The predicted octanol–water partition coefficient (Wildman–Crippen LogP) is 2.52. The summed E-state index contributed by atoms with van der Waals surface area (Å²) in [7, 11) is 0. The Labute approximate surface area is 81.0 Å². The van der Waals surface area contributed by atoms with Crippen molar-refractivity contribution in [1.82, 2.24) is 9.97 Å². The first-order valence-corrected chi connectivity index (χ1v) is 4.71. The molecule has 0 unspecified atom stereocenters. The molecule has 4 heteroatoms. The number of oxazole rings is 2. The molecule has 0 aromatic carbocycles. The van der Waals surface area contributed by atoms with E-state index < -0.39 is 0 Å². The summed E-state index contributed by atoms with van der Waals surface area (Å²) in [5, 5.41) is 0. The van der Waals surface area contributed by atoms with Crippen molar-refractivity contribution in [2.75, 3.05) is 0 Å².